The molecule has 1 saturated heterocycles. The summed E-state index contributed by atoms with van der Waals surface area (Å²) in [4.78, 5) is 15.7. The van der Waals surface area contributed by atoms with E-state index in [-0.39, 0.29) is 12.6 Å². The first-order valence-corrected chi connectivity index (χ1v) is 6.99. The molecule has 0 radical (unpaired) electrons. The maximum absolute atomic E-state index is 11.8. The largest absolute Gasteiger partial charge is 0.395 e. The molecule has 0 saturated carbocycles. The summed E-state index contributed by atoms with van der Waals surface area (Å²) < 4.78 is 0. The molecule has 1 aliphatic heterocycles. The van der Waals surface area contributed by atoms with Crippen molar-refractivity contribution in [3.63, 3.8) is 0 Å². The molecule has 1 rings (SSSR count). The molecule has 106 valence electrons. The molecule has 0 aromatic carbocycles. The van der Waals surface area contributed by atoms with Gasteiger partial charge in [0.25, 0.3) is 0 Å². The van der Waals surface area contributed by atoms with Gasteiger partial charge in [0.15, 0.2) is 0 Å². The van der Waals surface area contributed by atoms with Crippen LogP contribution in [0.2, 0.25) is 0 Å². The Balaban J connectivity index is 2.14. The lowest BCUT2D eigenvalue weighted by molar-refractivity contribution is 0.177. The van der Waals surface area contributed by atoms with E-state index >= 15 is 0 Å². The van der Waals surface area contributed by atoms with Crippen molar-refractivity contribution in [2.75, 3.05) is 46.4 Å². The van der Waals surface area contributed by atoms with Crippen molar-refractivity contribution >= 4 is 6.03 Å². The number of likely N-dealkylation sites (N-methyl/N-ethyl adjacent to an activating group) is 1. The highest BCUT2D eigenvalue weighted by Gasteiger charge is 2.17. The van der Waals surface area contributed by atoms with Gasteiger partial charge in [-0.25, -0.2) is 4.79 Å². The zero-order valence-electron chi connectivity index (χ0n) is 11.7. The Morgan fingerprint density at radius 2 is 2.11 bits per heavy atom. The second-order valence-electron chi connectivity index (χ2n) is 5.07. The minimum absolute atomic E-state index is 0.0240. The molecule has 0 aromatic rings. The van der Waals surface area contributed by atoms with E-state index in [9.17, 15) is 4.79 Å². The summed E-state index contributed by atoms with van der Waals surface area (Å²) >= 11 is 0. The van der Waals surface area contributed by atoms with Crippen LogP contribution in [0.15, 0.2) is 0 Å². The normalized spacial score (nSPS) is 17.7. The standard InChI is InChI=1S/C13H27N3O2/c1-3-16(10-11-17)13(18)14-7-4-12-5-8-15(2)9-6-12/h12,17H,3-11H2,1-2H3,(H,14,18). The molecule has 0 spiro atoms. The van der Waals surface area contributed by atoms with E-state index in [2.05, 4.69) is 17.3 Å². The van der Waals surface area contributed by atoms with Crippen LogP contribution in [0.5, 0.6) is 0 Å². The summed E-state index contributed by atoms with van der Waals surface area (Å²) in [6.45, 7) is 6.09. The van der Waals surface area contributed by atoms with Gasteiger partial charge in [-0.15, -0.1) is 0 Å². The van der Waals surface area contributed by atoms with E-state index in [0.717, 1.165) is 18.9 Å². The lowest BCUT2D eigenvalue weighted by Crippen LogP contribution is -2.42. The van der Waals surface area contributed by atoms with Crippen LogP contribution in [0.25, 0.3) is 0 Å². The average Bonchev–Trinajstić information content (AvgIpc) is 2.38. The Hall–Kier alpha value is -0.810. The Bertz CT molecular complexity index is 240. The van der Waals surface area contributed by atoms with Crippen molar-refractivity contribution in [2.45, 2.75) is 26.2 Å². The molecule has 1 heterocycles. The highest BCUT2D eigenvalue weighted by molar-refractivity contribution is 5.74. The van der Waals surface area contributed by atoms with Gasteiger partial charge in [0.2, 0.25) is 0 Å². The molecule has 0 atom stereocenters. The fraction of sp³-hybridized carbons (Fsp3) is 0.923. The number of piperidine rings is 1. The van der Waals surface area contributed by atoms with E-state index in [1.165, 1.54) is 25.9 Å². The number of aliphatic hydroxyl groups is 1. The van der Waals surface area contributed by atoms with E-state index < -0.39 is 0 Å². The number of hydrogen-bond acceptors (Lipinski definition) is 3. The van der Waals surface area contributed by atoms with Crippen molar-refractivity contribution < 1.29 is 9.90 Å². The first kappa shape index (κ1) is 15.2. The number of carbonyl (C=O) groups is 1. The first-order chi connectivity index (χ1) is 8.67. The highest BCUT2D eigenvalue weighted by Crippen LogP contribution is 2.18. The first-order valence-electron chi connectivity index (χ1n) is 6.99. The third kappa shape index (κ3) is 5.23. The van der Waals surface area contributed by atoms with E-state index in [0.29, 0.717) is 13.1 Å². The van der Waals surface area contributed by atoms with Crippen LogP contribution in [0.3, 0.4) is 0 Å². The van der Waals surface area contributed by atoms with Crippen molar-refractivity contribution in [3.05, 3.63) is 0 Å². The lowest BCUT2D eigenvalue weighted by Gasteiger charge is -2.29. The summed E-state index contributed by atoms with van der Waals surface area (Å²) in [5, 5.41) is 11.8. The van der Waals surface area contributed by atoms with Gasteiger partial charge in [-0.1, -0.05) is 0 Å². The van der Waals surface area contributed by atoms with Crippen LogP contribution >= 0.6 is 0 Å². The van der Waals surface area contributed by atoms with Crippen LogP contribution in [0.4, 0.5) is 4.79 Å². The molecule has 5 heteroatoms. The van der Waals surface area contributed by atoms with E-state index in [1.54, 1.807) is 4.90 Å². The molecular formula is C13H27N3O2. The molecule has 0 aliphatic carbocycles. The predicted octanol–water partition coefficient (Wildman–Crippen LogP) is 0.742. The SMILES string of the molecule is CCN(CCO)C(=O)NCCC1CCN(C)CC1. The van der Waals surface area contributed by atoms with Gasteiger partial charge in [0, 0.05) is 19.6 Å². The van der Waals surface area contributed by atoms with Gasteiger partial charge < -0.3 is 20.2 Å². The van der Waals surface area contributed by atoms with Crippen LogP contribution in [-0.2, 0) is 0 Å². The number of hydrogen-bond donors (Lipinski definition) is 2. The van der Waals surface area contributed by atoms with Gasteiger partial charge in [0.1, 0.15) is 0 Å². The predicted molar refractivity (Wildman–Crippen MR) is 72.6 cm³/mol. The van der Waals surface area contributed by atoms with Crippen molar-refractivity contribution in [1.82, 2.24) is 15.1 Å². The summed E-state index contributed by atoms with van der Waals surface area (Å²) in [5.74, 6) is 0.745. The number of likely N-dealkylation sites (tertiary alicyclic amines) is 1. The quantitative estimate of drug-likeness (QED) is 0.738. The van der Waals surface area contributed by atoms with Gasteiger partial charge >= 0.3 is 6.03 Å². The zero-order valence-corrected chi connectivity index (χ0v) is 11.7. The smallest absolute Gasteiger partial charge is 0.317 e. The lowest BCUT2D eigenvalue weighted by atomic mass is 9.94. The minimum Gasteiger partial charge on any atom is -0.395 e. The van der Waals surface area contributed by atoms with Gasteiger partial charge in [-0.2, -0.15) is 0 Å². The minimum atomic E-state index is -0.0560. The third-order valence-electron chi connectivity index (χ3n) is 3.71. The van der Waals surface area contributed by atoms with Crippen molar-refractivity contribution in [3.8, 4) is 0 Å². The molecule has 1 fully saturated rings. The topological polar surface area (TPSA) is 55.8 Å². The van der Waals surface area contributed by atoms with Gasteiger partial charge in [-0.05, 0) is 52.2 Å². The fourth-order valence-electron chi connectivity index (χ4n) is 2.37. The summed E-state index contributed by atoms with van der Waals surface area (Å²) in [5.41, 5.74) is 0. The van der Waals surface area contributed by atoms with E-state index in [1.807, 2.05) is 6.92 Å². The zero-order chi connectivity index (χ0) is 13.4. The number of amides is 2. The molecule has 18 heavy (non-hydrogen) atoms. The van der Waals surface area contributed by atoms with Crippen LogP contribution in [0, 0.1) is 5.92 Å². The van der Waals surface area contributed by atoms with E-state index in [4.69, 9.17) is 5.11 Å². The summed E-state index contributed by atoms with van der Waals surface area (Å²) in [6.07, 6.45) is 3.54. The monoisotopic (exact) mass is 257 g/mol. The molecule has 2 amide bonds. The number of nitrogens with zero attached hydrogens (tertiary/aromatic N) is 2. The van der Waals surface area contributed by atoms with Crippen molar-refractivity contribution in [1.29, 1.82) is 0 Å². The van der Waals surface area contributed by atoms with Crippen LogP contribution in [-0.4, -0.2) is 67.3 Å². The highest BCUT2D eigenvalue weighted by atomic mass is 16.3. The summed E-state index contributed by atoms with van der Waals surface area (Å²) in [7, 11) is 2.16. The Kier molecular flexibility index (Phi) is 7.05. The molecule has 0 unspecified atom stereocenters. The molecular weight excluding hydrogens is 230 g/mol. The molecule has 5 nitrogen and oxygen atoms in total. The molecule has 1 aliphatic rings. The van der Waals surface area contributed by atoms with Crippen molar-refractivity contribution in [2.24, 2.45) is 5.92 Å². The molecule has 2 N–H and O–H groups in total. The second kappa shape index (κ2) is 8.32. The molecule has 0 bridgehead atoms. The molecule has 0 aromatic heterocycles. The fourth-order valence-corrected chi connectivity index (χ4v) is 2.37. The Morgan fingerprint density at radius 3 is 2.67 bits per heavy atom. The maximum Gasteiger partial charge on any atom is 0.317 e. The second-order valence-corrected chi connectivity index (χ2v) is 5.07. The number of carbonyl (C=O) groups excluding carboxylic acids is 1. The number of aliphatic hydroxyl groups excluding tert-OH is 1. The Labute approximate surface area is 110 Å². The van der Waals surface area contributed by atoms with Crippen LogP contribution in [0.1, 0.15) is 26.2 Å². The maximum atomic E-state index is 11.8. The van der Waals surface area contributed by atoms with Gasteiger partial charge in [-0.3, -0.25) is 0 Å². The van der Waals surface area contributed by atoms with Crippen LogP contribution < -0.4 is 5.32 Å². The average molecular weight is 257 g/mol. The van der Waals surface area contributed by atoms with Gasteiger partial charge in [0.05, 0.1) is 6.61 Å². The number of rotatable bonds is 6. The third-order valence-corrected chi connectivity index (χ3v) is 3.71. The Morgan fingerprint density at radius 1 is 1.44 bits per heavy atom. The summed E-state index contributed by atoms with van der Waals surface area (Å²) in [6, 6.07) is -0.0560. The number of nitrogens with one attached hydrogen (secondary N) is 1. The number of urea groups is 1.